The van der Waals surface area contributed by atoms with E-state index in [9.17, 15) is 14.4 Å². The molecular weight excluding hydrogens is 562 g/mol. The topological polar surface area (TPSA) is 107 Å². The van der Waals surface area contributed by atoms with E-state index in [-0.39, 0.29) is 19.3 Å². The summed E-state index contributed by atoms with van der Waals surface area (Å²) in [5.74, 6) is -2.42. The van der Waals surface area contributed by atoms with Gasteiger partial charge in [0.2, 0.25) is 0 Å². The third kappa shape index (κ3) is 27.4. The number of ether oxygens (including phenoxy) is 1. The Morgan fingerprint density at radius 2 is 0.867 bits per heavy atom. The average Bonchev–Trinajstić information content (AvgIpc) is 3.02. The number of unbranched alkanes of at least 4 members (excludes halogenated alkanes) is 20. The standard InChI is InChI=1S/C39H75NO5/c1-4-7-10-13-14-18-21-26-33-39(31-24-11-8-5-2,32-25-12-9-6-3)34-27-22-19-16-15-17-20-23-28-37(43)45-38(44)35(40)29-30-36(41)42/h35H,4-34,40H2,1-3H3,(H,41,42)/t35-/m0/s1. The summed E-state index contributed by atoms with van der Waals surface area (Å²) >= 11 is 0. The summed E-state index contributed by atoms with van der Waals surface area (Å²) in [6, 6.07) is -1.07. The van der Waals surface area contributed by atoms with Gasteiger partial charge in [0.25, 0.3) is 0 Å². The summed E-state index contributed by atoms with van der Waals surface area (Å²) in [7, 11) is 0. The highest BCUT2D eigenvalue weighted by molar-refractivity contribution is 5.88. The normalized spacial score (nSPS) is 12.4. The van der Waals surface area contributed by atoms with Crippen LogP contribution in [-0.2, 0) is 19.1 Å². The van der Waals surface area contributed by atoms with Crippen molar-refractivity contribution in [3.8, 4) is 0 Å². The van der Waals surface area contributed by atoms with E-state index in [2.05, 4.69) is 20.8 Å². The van der Waals surface area contributed by atoms with Crippen molar-refractivity contribution < 1.29 is 24.2 Å². The Bertz CT molecular complexity index is 698. The highest BCUT2D eigenvalue weighted by Gasteiger charge is 2.28. The summed E-state index contributed by atoms with van der Waals surface area (Å²) < 4.78 is 4.78. The Labute approximate surface area is 278 Å². The largest absolute Gasteiger partial charge is 0.481 e. The molecule has 0 amide bonds. The van der Waals surface area contributed by atoms with Crippen molar-refractivity contribution in [3.05, 3.63) is 0 Å². The van der Waals surface area contributed by atoms with Crippen molar-refractivity contribution in [2.24, 2.45) is 11.1 Å². The third-order valence-corrected chi connectivity index (χ3v) is 9.71. The van der Waals surface area contributed by atoms with Gasteiger partial charge in [-0.15, -0.1) is 0 Å². The Morgan fingerprint density at radius 1 is 0.533 bits per heavy atom. The molecule has 0 radical (unpaired) electrons. The summed E-state index contributed by atoms with van der Waals surface area (Å²) in [6.07, 6.45) is 37.2. The van der Waals surface area contributed by atoms with Crippen LogP contribution in [0, 0.1) is 5.41 Å². The summed E-state index contributed by atoms with van der Waals surface area (Å²) in [5.41, 5.74) is 6.18. The van der Waals surface area contributed by atoms with Gasteiger partial charge in [-0.3, -0.25) is 9.59 Å². The molecule has 266 valence electrons. The molecule has 0 saturated heterocycles. The van der Waals surface area contributed by atoms with Crippen molar-refractivity contribution in [2.45, 2.75) is 226 Å². The van der Waals surface area contributed by atoms with Gasteiger partial charge in [0.05, 0.1) is 0 Å². The van der Waals surface area contributed by atoms with Crippen molar-refractivity contribution in [1.29, 1.82) is 0 Å². The molecule has 0 aliphatic carbocycles. The molecule has 0 aliphatic rings. The number of hydrogen-bond acceptors (Lipinski definition) is 5. The van der Waals surface area contributed by atoms with Crippen LogP contribution in [-0.4, -0.2) is 29.1 Å². The quantitative estimate of drug-likeness (QED) is 0.0413. The maximum absolute atomic E-state index is 11.9. The molecule has 1 atom stereocenters. The van der Waals surface area contributed by atoms with E-state index >= 15 is 0 Å². The van der Waals surface area contributed by atoms with E-state index in [0.717, 1.165) is 12.8 Å². The van der Waals surface area contributed by atoms with Crippen molar-refractivity contribution in [1.82, 2.24) is 0 Å². The molecule has 3 N–H and O–H groups in total. The van der Waals surface area contributed by atoms with Gasteiger partial charge >= 0.3 is 17.9 Å². The summed E-state index contributed by atoms with van der Waals surface area (Å²) in [5, 5.41) is 8.69. The van der Waals surface area contributed by atoms with Crippen LogP contribution in [0.2, 0.25) is 0 Å². The molecule has 45 heavy (non-hydrogen) atoms. The zero-order valence-corrected chi connectivity index (χ0v) is 30.2. The molecule has 0 fully saturated rings. The first-order chi connectivity index (χ1) is 21.8. The van der Waals surface area contributed by atoms with E-state index in [0.29, 0.717) is 11.8 Å². The van der Waals surface area contributed by atoms with Gasteiger partial charge in [-0.1, -0.05) is 168 Å². The molecule has 6 heteroatoms. The van der Waals surface area contributed by atoms with E-state index in [1.54, 1.807) is 0 Å². The van der Waals surface area contributed by atoms with Crippen molar-refractivity contribution in [3.63, 3.8) is 0 Å². The smallest absolute Gasteiger partial charge is 0.330 e. The summed E-state index contributed by atoms with van der Waals surface area (Å²) in [4.78, 5) is 34.3. The van der Waals surface area contributed by atoms with Crippen LogP contribution in [0.25, 0.3) is 0 Å². The average molecular weight is 638 g/mol. The molecule has 0 unspecified atom stereocenters. The first-order valence-electron chi connectivity index (χ1n) is 19.5. The number of esters is 2. The molecule has 0 heterocycles. The maximum atomic E-state index is 11.9. The molecule has 0 aromatic heterocycles. The van der Waals surface area contributed by atoms with Crippen molar-refractivity contribution >= 4 is 17.9 Å². The predicted molar refractivity (Wildman–Crippen MR) is 189 cm³/mol. The first kappa shape index (κ1) is 43.6. The minimum atomic E-state index is -1.07. The summed E-state index contributed by atoms with van der Waals surface area (Å²) in [6.45, 7) is 6.94. The number of hydrogen-bond donors (Lipinski definition) is 2. The van der Waals surface area contributed by atoms with E-state index in [4.69, 9.17) is 15.6 Å². The number of aliphatic carboxylic acids is 1. The Balaban J connectivity index is 4.44. The second-order valence-corrected chi connectivity index (χ2v) is 14.0. The molecule has 0 spiro atoms. The third-order valence-electron chi connectivity index (χ3n) is 9.71. The lowest BCUT2D eigenvalue weighted by atomic mass is 9.70. The number of carboxylic acids is 1. The molecule has 0 aromatic rings. The fraction of sp³-hybridized carbons (Fsp3) is 0.923. The lowest BCUT2D eigenvalue weighted by Crippen LogP contribution is -2.34. The van der Waals surface area contributed by atoms with Crippen LogP contribution in [0.4, 0.5) is 0 Å². The molecule has 0 bridgehead atoms. The molecule has 0 saturated carbocycles. The van der Waals surface area contributed by atoms with Crippen LogP contribution in [0.3, 0.4) is 0 Å². The van der Waals surface area contributed by atoms with E-state index in [1.807, 2.05) is 0 Å². The van der Waals surface area contributed by atoms with E-state index < -0.39 is 23.9 Å². The van der Waals surface area contributed by atoms with Crippen LogP contribution >= 0.6 is 0 Å². The van der Waals surface area contributed by atoms with Gasteiger partial charge < -0.3 is 15.6 Å². The van der Waals surface area contributed by atoms with Gasteiger partial charge in [-0.25, -0.2) is 4.79 Å². The minimum absolute atomic E-state index is 0.0282. The Morgan fingerprint density at radius 3 is 1.24 bits per heavy atom. The molecule has 0 aliphatic heterocycles. The van der Waals surface area contributed by atoms with Crippen LogP contribution in [0.5, 0.6) is 0 Å². The lowest BCUT2D eigenvalue weighted by Gasteiger charge is -2.35. The zero-order chi connectivity index (χ0) is 33.4. The molecule has 0 rings (SSSR count). The Kier molecular flexibility index (Phi) is 30.2. The van der Waals surface area contributed by atoms with E-state index in [1.165, 1.54) is 161 Å². The minimum Gasteiger partial charge on any atom is -0.481 e. The second kappa shape index (κ2) is 31.2. The van der Waals surface area contributed by atoms with Crippen LogP contribution in [0.15, 0.2) is 0 Å². The molecular formula is C39H75NO5. The molecule has 0 aromatic carbocycles. The number of nitrogens with two attached hydrogens (primary N) is 1. The highest BCUT2D eigenvalue weighted by Crippen LogP contribution is 2.42. The van der Waals surface area contributed by atoms with Gasteiger partial charge in [0, 0.05) is 12.8 Å². The second-order valence-electron chi connectivity index (χ2n) is 14.0. The monoisotopic (exact) mass is 638 g/mol. The SMILES string of the molecule is CCCCCCCCCCC(CCCCCC)(CCCCCC)CCCCCCCCCCC(=O)OC(=O)[C@@H](N)CCC(=O)O. The van der Waals surface area contributed by atoms with Gasteiger partial charge in [0.15, 0.2) is 0 Å². The first-order valence-corrected chi connectivity index (χ1v) is 19.5. The number of carbonyl (C=O) groups is 3. The van der Waals surface area contributed by atoms with Gasteiger partial charge in [-0.05, 0) is 43.9 Å². The highest BCUT2D eigenvalue weighted by atomic mass is 16.6. The fourth-order valence-corrected chi connectivity index (χ4v) is 6.70. The zero-order valence-electron chi connectivity index (χ0n) is 30.2. The van der Waals surface area contributed by atoms with Crippen molar-refractivity contribution in [2.75, 3.05) is 0 Å². The number of carboxylic acid groups (broad SMARTS) is 1. The van der Waals surface area contributed by atoms with Gasteiger partial charge in [0.1, 0.15) is 6.04 Å². The number of carbonyl (C=O) groups excluding carboxylic acids is 2. The Hall–Kier alpha value is -1.43. The number of rotatable bonds is 34. The van der Waals surface area contributed by atoms with Crippen LogP contribution in [0.1, 0.15) is 220 Å². The van der Waals surface area contributed by atoms with Gasteiger partial charge in [-0.2, -0.15) is 0 Å². The van der Waals surface area contributed by atoms with Crippen LogP contribution < -0.4 is 5.73 Å². The molecule has 6 nitrogen and oxygen atoms in total. The lowest BCUT2D eigenvalue weighted by molar-refractivity contribution is -0.160. The fourth-order valence-electron chi connectivity index (χ4n) is 6.70. The maximum Gasteiger partial charge on any atom is 0.330 e. The predicted octanol–water partition coefficient (Wildman–Crippen LogP) is 11.6.